The van der Waals surface area contributed by atoms with Crippen LogP contribution in [0, 0.1) is 5.82 Å². The van der Waals surface area contributed by atoms with Gasteiger partial charge in [0.2, 0.25) is 0 Å². The fourth-order valence-corrected chi connectivity index (χ4v) is 5.39. The van der Waals surface area contributed by atoms with Crippen molar-refractivity contribution >= 4 is 43.8 Å². The van der Waals surface area contributed by atoms with Gasteiger partial charge in [-0.15, -0.1) is 11.3 Å². The van der Waals surface area contributed by atoms with Gasteiger partial charge in [-0.05, 0) is 43.0 Å². The molecule has 1 aliphatic rings. The predicted octanol–water partition coefficient (Wildman–Crippen LogP) is 5.26. The van der Waals surface area contributed by atoms with Gasteiger partial charge in [-0.1, -0.05) is 25.1 Å². The Kier molecular flexibility index (Phi) is 6.40. The van der Waals surface area contributed by atoms with Gasteiger partial charge in [-0.3, -0.25) is 9.71 Å². The summed E-state index contributed by atoms with van der Waals surface area (Å²) in [5.74, 6) is -0.891. The molecular formula is C19H20ClFN4O2S2. The van der Waals surface area contributed by atoms with Crippen molar-refractivity contribution < 1.29 is 12.8 Å². The van der Waals surface area contributed by atoms with Gasteiger partial charge >= 0.3 is 0 Å². The van der Waals surface area contributed by atoms with E-state index in [1.54, 1.807) is 11.6 Å². The van der Waals surface area contributed by atoms with Crippen LogP contribution in [0.1, 0.15) is 37.6 Å². The molecule has 4 rings (SSSR count). The van der Waals surface area contributed by atoms with Crippen molar-refractivity contribution in [2.45, 2.75) is 37.6 Å². The van der Waals surface area contributed by atoms with E-state index in [1.165, 1.54) is 6.20 Å². The zero-order chi connectivity index (χ0) is 19.7. The molecule has 0 aliphatic heterocycles. The topological polar surface area (TPSA) is 84.0 Å². The van der Waals surface area contributed by atoms with E-state index in [-0.39, 0.29) is 23.6 Å². The third-order valence-corrected chi connectivity index (χ3v) is 6.99. The smallest absolute Gasteiger partial charge is 0.266 e. The van der Waals surface area contributed by atoms with Gasteiger partial charge in [0.15, 0.2) is 5.13 Å². The van der Waals surface area contributed by atoms with Crippen molar-refractivity contribution in [2.24, 2.45) is 0 Å². The number of nitrogens with one attached hydrogen (secondary N) is 2. The third kappa shape index (κ3) is 4.52. The summed E-state index contributed by atoms with van der Waals surface area (Å²) in [6.07, 6.45) is 5.91. The molecule has 0 fully saturated rings. The lowest BCUT2D eigenvalue weighted by molar-refractivity contribution is 0.568. The molecule has 29 heavy (non-hydrogen) atoms. The fraction of sp³-hybridized carbons (Fsp3) is 0.263. The molecular weight excluding hydrogens is 435 g/mol. The first kappa shape index (κ1) is 21.5. The number of aryl methyl sites for hydroxylation is 1. The van der Waals surface area contributed by atoms with Crippen molar-refractivity contribution in [1.82, 2.24) is 9.97 Å². The Balaban J connectivity index is 0.00000240. The zero-order valence-electron chi connectivity index (χ0n) is 14.5. The second kappa shape index (κ2) is 8.64. The molecule has 0 amide bonds. The summed E-state index contributed by atoms with van der Waals surface area (Å²) >= 11 is 7.38. The van der Waals surface area contributed by atoms with Crippen LogP contribution in [0.2, 0.25) is 5.02 Å². The number of pyridine rings is 1. The number of aromatic nitrogens is 2. The van der Waals surface area contributed by atoms with Crippen LogP contribution < -0.4 is 10.0 Å². The summed E-state index contributed by atoms with van der Waals surface area (Å²) in [5, 5.41) is 5.13. The van der Waals surface area contributed by atoms with E-state index in [0.29, 0.717) is 5.69 Å². The van der Waals surface area contributed by atoms with E-state index in [1.807, 2.05) is 12.1 Å². The second-order valence-corrected chi connectivity index (χ2v) is 9.29. The van der Waals surface area contributed by atoms with Crippen molar-refractivity contribution in [1.29, 1.82) is 0 Å². The first-order valence-electron chi connectivity index (χ1n) is 8.56. The number of anilines is 2. The highest BCUT2D eigenvalue weighted by molar-refractivity contribution is 7.93. The Labute approximate surface area is 178 Å². The lowest BCUT2D eigenvalue weighted by atomic mass is 9.91. The molecule has 2 aromatic heterocycles. The summed E-state index contributed by atoms with van der Waals surface area (Å²) in [7, 11) is -4.13. The standard InChI is InChI=1S/C18H16ClFN4O2S2.CH4/c19-12-9-17(28(25,26)24-18-22-7-8-27-18)13(20)10-16(12)23-15-5-1-4-14-11(15)3-2-6-21-14;/h2-3,6-10,15,23H,1,4-5H2,(H,22,24);1H4. The number of hydrogen-bond acceptors (Lipinski definition) is 6. The second-order valence-electron chi connectivity index (χ2n) is 6.33. The fourth-order valence-electron chi connectivity index (χ4n) is 3.23. The molecule has 6 nitrogen and oxygen atoms in total. The molecule has 0 saturated carbocycles. The quantitative estimate of drug-likeness (QED) is 0.549. The molecule has 3 aromatic rings. The van der Waals surface area contributed by atoms with Crippen LogP contribution >= 0.6 is 22.9 Å². The molecule has 1 atom stereocenters. The number of fused-ring (bicyclic) bond motifs is 1. The number of sulfonamides is 1. The number of benzene rings is 1. The van der Waals surface area contributed by atoms with Crippen LogP contribution in [0.15, 0.2) is 46.9 Å². The first-order chi connectivity index (χ1) is 13.4. The zero-order valence-corrected chi connectivity index (χ0v) is 16.9. The average molecular weight is 455 g/mol. The van der Waals surface area contributed by atoms with Crippen LogP contribution in [-0.4, -0.2) is 18.4 Å². The van der Waals surface area contributed by atoms with E-state index in [9.17, 15) is 12.8 Å². The van der Waals surface area contributed by atoms with E-state index < -0.39 is 20.7 Å². The number of halogens is 2. The normalized spacial score (nSPS) is 15.9. The Morgan fingerprint density at radius 3 is 2.83 bits per heavy atom. The van der Waals surface area contributed by atoms with Crippen LogP contribution in [0.25, 0.3) is 0 Å². The van der Waals surface area contributed by atoms with Crippen LogP contribution in [-0.2, 0) is 16.4 Å². The molecule has 0 saturated heterocycles. The van der Waals surface area contributed by atoms with Gasteiger partial charge in [-0.25, -0.2) is 17.8 Å². The Bertz CT molecular complexity index is 1110. The lowest BCUT2D eigenvalue weighted by Gasteiger charge is -2.27. The Morgan fingerprint density at radius 1 is 1.24 bits per heavy atom. The molecule has 0 radical (unpaired) electrons. The molecule has 10 heteroatoms. The first-order valence-corrected chi connectivity index (χ1v) is 11.3. The molecule has 1 unspecified atom stereocenters. The number of thiazole rings is 1. The highest BCUT2D eigenvalue weighted by atomic mass is 35.5. The van der Waals surface area contributed by atoms with Gasteiger partial charge in [0, 0.05) is 23.5 Å². The van der Waals surface area contributed by atoms with Crippen LogP contribution in [0.5, 0.6) is 0 Å². The average Bonchev–Trinajstić information content (AvgIpc) is 3.17. The molecule has 0 spiro atoms. The van der Waals surface area contributed by atoms with Gasteiger partial charge in [0.25, 0.3) is 10.0 Å². The van der Waals surface area contributed by atoms with Gasteiger partial charge in [-0.2, -0.15) is 0 Å². The van der Waals surface area contributed by atoms with Gasteiger partial charge in [0.1, 0.15) is 10.7 Å². The Hall–Kier alpha value is -2.23. The van der Waals surface area contributed by atoms with Crippen LogP contribution in [0.4, 0.5) is 15.2 Å². The van der Waals surface area contributed by atoms with Gasteiger partial charge < -0.3 is 5.32 Å². The number of hydrogen-bond donors (Lipinski definition) is 2. The largest absolute Gasteiger partial charge is 0.377 e. The maximum Gasteiger partial charge on any atom is 0.266 e. The van der Waals surface area contributed by atoms with Crippen molar-refractivity contribution in [3.05, 3.63) is 64.1 Å². The summed E-state index contributed by atoms with van der Waals surface area (Å²) in [6, 6.07) is 6.01. The van der Waals surface area contributed by atoms with E-state index in [0.717, 1.165) is 54.0 Å². The van der Waals surface area contributed by atoms with Crippen molar-refractivity contribution in [3.8, 4) is 0 Å². The number of rotatable bonds is 5. The minimum absolute atomic E-state index is 0. The Morgan fingerprint density at radius 2 is 2.07 bits per heavy atom. The molecule has 1 aromatic carbocycles. The minimum Gasteiger partial charge on any atom is -0.377 e. The summed E-state index contributed by atoms with van der Waals surface area (Å²) in [4.78, 5) is 7.72. The molecule has 0 bridgehead atoms. The number of nitrogens with zero attached hydrogens (tertiary/aromatic N) is 2. The van der Waals surface area contributed by atoms with E-state index in [2.05, 4.69) is 20.0 Å². The molecule has 2 N–H and O–H groups in total. The third-order valence-electron chi connectivity index (χ3n) is 4.50. The van der Waals surface area contributed by atoms with Gasteiger partial charge in [0.05, 0.1) is 16.8 Å². The monoisotopic (exact) mass is 454 g/mol. The maximum atomic E-state index is 14.7. The lowest BCUT2D eigenvalue weighted by Crippen LogP contribution is -2.19. The molecule has 1 aliphatic carbocycles. The predicted molar refractivity (Wildman–Crippen MR) is 115 cm³/mol. The van der Waals surface area contributed by atoms with Crippen molar-refractivity contribution in [2.75, 3.05) is 10.0 Å². The van der Waals surface area contributed by atoms with Crippen molar-refractivity contribution in [3.63, 3.8) is 0 Å². The van der Waals surface area contributed by atoms with E-state index >= 15 is 0 Å². The summed E-state index contributed by atoms with van der Waals surface area (Å²) < 4.78 is 41.8. The summed E-state index contributed by atoms with van der Waals surface area (Å²) in [5.41, 5.74) is 2.40. The maximum absolute atomic E-state index is 14.7. The highest BCUT2D eigenvalue weighted by Gasteiger charge is 2.25. The SMILES string of the molecule is C.O=S(=O)(Nc1nccs1)c1cc(Cl)c(NC2CCCc3ncccc32)cc1F. The molecule has 2 heterocycles. The van der Waals surface area contributed by atoms with E-state index in [4.69, 9.17) is 11.6 Å². The minimum atomic E-state index is -4.13. The summed E-state index contributed by atoms with van der Waals surface area (Å²) in [6.45, 7) is 0. The molecule has 154 valence electrons. The highest BCUT2D eigenvalue weighted by Crippen LogP contribution is 2.35. The van der Waals surface area contributed by atoms with Crippen LogP contribution in [0.3, 0.4) is 0 Å².